The first-order valence-electron chi connectivity index (χ1n) is 4.76. The second kappa shape index (κ2) is 8.68. The first kappa shape index (κ1) is 11.6. The Morgan fingerprint density at radius 1 is 1.00 bits per heavy atom. The number of nitrogens with two attached hydrogens (primary N) is 2. The summed E-state index contributed by atoms with van der Waals surface area (Å²) in [6.45, 7) is 1.50. The molecule has 0 aromatic heterocycles. The van der Waals surface area contributed by atoms with E-state index in [2.05, 4.69) is 0 Å². The fourth-order valence-corrected chi connectivity index (χ4v) is 1.24. The maximum Gasteiger partial charge on any atom is -0.00167 e. The van der Waals surface area contributed by atoms with Crippen molar-refractivity contribution in [2.45, 2.75) is 32.1 Å². The summed E-state index contributed by atoms with van der Waals surface area (Å²) in [5.74, 6) is 0.431. The number of rotatable bonds is 8. The summed E-state index contributed by atoms with van der Waals surface area (Å²) in [5, 5.41) is 7.18. The van der Waals surface area contributed by atoms with E-state index >= 15 is 0 Å². The van der Waals surface area contributed by atoms with Crippen LogP contribution in [0.15, 0.2) is 0 Å². The first-order chi connectivity index (χ1) is 5.85. The molecule has 0 saturated heterocycles. The van der Waals surface area contributed by atoms with Crippen LogP contribution in [0, 0.1) is 11.3 Å². The Labute approximate surface area is 75.0 Å². The second-order valence-electron chi connectivity index (χ2n) is 3.14. The number of hydrogen-bond acceptors (Lipinski definition) is 3. The zero-order valence-corrected chi connectivity index (χ0v) is 7.76. The predicted octanol–water partition coefficient (Wildman–Crippen LogP) is 1.12. The van der Waals surface area contributed by atoms with E-state index in [1.165, 1.54) is 0 Å². The molecule has 0 saturated carbocycles. The molecule has 0 spiro atoms. The number of nitrogens with one attached hydrogen (secondary N) is 1. The van der Waals surface area contributed by atoms with E-state index in [0.29, 0.717) is 5.92 Å². The summed E-state index contributed by atoms with van der Waals surface area (Å²) in [5.41, 5.74) is 10.8. The van der Waals surface area contributed by atoms with Gasteiger partial charge in [-0.15, -0.1) is 0 Å². The topological polar surface area (TPSA) is 75.9 Å². The molecule has 0 aliphatic carbocycles. The Morgan fingerprint density at radius 3 is 2.08 bits per heavy atom. The van der Waals surface area contributed by atoms with Gasteiger partial charge >= 0.3 is 0 Å². The summed E-state index contributed by atoms with van der Waals surface area (Å²) >= 11 is 0. The third kappa shape index (κ3) is 6.31. The minimum absolute atomic E-state index is 0.431. The monoisotopic (exact) mass is 171 g/mol. The van der Waals surface area contributed by atoms with Crippen LogP contribution in [0.4, 0.5) is 0 Å². The van der Waals surface area contributed by atoms with Gasteiger partial charge in [0.05, 0.1) is 0 Å². The minimum atomic E-state index is 0.431. The Balaban J connectivity index is 3.32. The maximum atomic E-state index is 7.18. The van der Waals surface area contributed by atoms with Gasteiger partial charge in [-0.2, -0.15) is 0 Å². The average Bonchev–Trinajstić information content (AvgIpc) is 2.11. The van der Waals surface area contributed by atoms with Crippen molar-refractivity contribution in [3.8, 4) is 0 Å². The molecule has 12 heavy (non-hydrogen) atoms. The van der Waals surface area contributed by atoms with E-state index < -0.39 is 0 Å². The molecule has 0 aliphatic rings. The van der Waals surface area contributed by atoms with E-state index in [1.807, 2.05) is 0 Å². The minimum Gasteiger partial charge on any atom is -0.330 e. The molecule has 0 aliphatic heterocycles. The standard InChI is InChI=1S/C9H21N3/c10-6-2-1-4-9(8-12)5-3-7-11/h8-9,12H,1-7,10-11H2. The fraction of sp³-hybridized carbons (Fsp3) is 0.889. The van der Waals surface area contributed by atoms with E-state index in [9.17, 15) is 0 Å². The highest BCUT2D eigenvalue weighted by Crippen LogP contribution is 2.11. The summed E-state index contributed by atoms with van der Waals surface area (Å²) in [6, 6.07) is 0. The summed E-state index contributed by atoms with van der Waals surface area (Å²) in [6.07, 6.45) is 6.95. The van der Waals surface area contributed by atoms with Gasteiger partial charge in [0.25, 0.3) is 0 Å². The average molecular weight is 171 g/mol. The van der Waals surface area contributed by atoms with Crippen molar-refractivity contribution in [3.05, 3.63) is 0 Å². The van der Waals surface area contributed by atoms with Gasteiger partial charge in [-0.3, -0.25) is 0 Å². The largest absolute Gasteiger partial charge is 0.330 e. The lowest BCUT2D eigenvalue weighted by Gasteiger charge is -2.09. The second-order valence-corrected chi connectivity index (χ2v) is 3.14. The van der Waals surface area contributed by atoms with Crippen LogP contribution in [-0.2, 0) is 0 Å². The third-order valence-electron chi connectivity index (χ3n) is 2.04. The Kier molecular flexibility index (Phi) is 8.39. The highest BCUT2D eigenvalue weighted by atomic mass is 14.5. The summed E-state index contributed by atoms with van der Waals surface area (Å²) < 4.78 is 0. The van der Waals surface area contributed by atoms with Crippen LogP contribution < -0.4 is 11.5 Å². The lowest BCUT2D eigenvalue weighted by molar-refractivity contribution is 0.530. The molecule has 0 bridgehead atoms. The molecule has 3 nitrogen and oxygen atoms in total. The Morgan fingerprint density at radius 2 is 1.58 bits per heavy atom. The highest BCUT2D eigenvalue weighted by Gasteiger charge is 2.03. The first-order valence-corrected chi connectivity index (χ1v) is 4.76. The zero-order valence-electron chi connectivity index (χ0n) is 7.76. The van der Waals surface area contributed by atoms with Crippen molar-refractivity contribution in [3.63, 3.8) is 0 Å². The smallest absolute Gasteiger partial charge is 0.00167 e. The molecule has 0 aromatic carbocycles. The molecule has 72 valence electrons. The van der Waals surface area contributed by atoms with Gasteiger partial charge in [-0.05, 0) is 50.9 Å². The predicted molar refractivity (Wildman–Crippen MR) is 53.5 cm³/mol. The SMILES string of the molecule is N=CC(CCCN)CCCCN. The molecule has 0 radical (unpaired) electrons. The van der Waals surface area contributed by atoms with Gasteiger partial charge in [0.15, 0.2) is 0 Å². The molecule has 0 fully saturated rings. The van der Waals surface area contributed by atoms with E-state index in [-0.39, 0.29) is 0 Å². The summed E-state index contributed by atoms with van der Waals surface area (Å²) in [4.78, 5) is 0. The molecule has 0 aromatic rings. The molecule has 1 atom stereocenters. The fourth-order valence-electron chi connectivity index (χ4n) is 1.24. The van der Waals surface area contributed by atoms with Crippen LogP contribution in [0.5, 0.6) is 0 Å². The summed E-state index contributed by atoms with van der Waals surface area (Å²) in [7, 11) is 0. The molecule has 1 unspecified atom stereocenters. The number of hydrogen-bond donors (Lipinski definition) is 3. The van der Waals surface area contributed by atoms with Crippen molar-refractivity contribution in [1.29, 1.82) is 5.41 Å². The van der Waals surface area contributed by atoms with Crippen molar-refractivity contribution >= 4 is 6.21 Å². The van der Waals surface area contributed by atoms with Crippen molar-refractivity contribution in [1.82, 2.24) is 0 Å². The van der Waals surface area contributed by atoms with Gasteiger partial charge in [-0.1, -0.05) is 6.42 Å². The van der Waals surface area contributed by atoms with E-state index in [0.717, 1.165) is 45.2 Å². The van der Waals surface area contributed by atoms with E-state index in [1.54, 1.807) is 6.21 Å². The van der Waals surface area contributed by atoms with Crippen LogP contribution in [0.25, 0.3) is 0 Å². The van der Waals surface area contributed by atoms with Gasteiger partial charge < -0.3 is 16.9 Å². The van der Waals surface area contributed by atoms with Crippen LogP contribution in [0.1, 0.15) is 32.1 Å². The molecular formula is C9H21N3. The maximum absolute atomic E-state index is 7.18. The van der Waals surface area contributed by atoms with Gasteiger partial charge in [0, 0.05) is 0 Å². The molecule has 5 N–H and O–H groups in total. The Hall–Kier alpha value is -0.410. The van der Waals surface area contributed by atoms with Gasteiger partial charge in [0.1, 0.15) is 0 Å². The molecule has 0 rings (SSSR count). The van der Waals surface area contributed by atoms with Crippen LogP contribution >= 0.6 is 0 Å². The number of unbranched alkanes of at least 4 members (excludes halogenated alkanes) is 1. The van der Waals surface area contributed by atoms with Gasteiger partial charge in [0.2, 0.25) is 0 Å². The van der Waals surface area contributed by atoms with Crippen LogP contribution in [-0.4, -0.2) is 19.3 Å². The molecule has 0 amide bonds. The van der Waals surface area contributed by atoms with Crippen molar-refractivity contribution in [2.75, 3.05) is 13.1 Å². The third-order valence-corrected chi connectivity index (χ3v) is 2.04. The van der Waals surface area contributed by atoms with Crippen molar-refractivity contribution in [2.24, 2.45) is 17.4 Å². The quantitative estimate of drug-likeness (QED) is 0.378. The normalized spacial score (nSPS) is 12.8. The zero-order chi connectivity index (χ0) is 9.23. The van der Waals surface area contributed by atoms with Gasteiger partial charge in [-0.25, -0.2) is 0 Å². The Bertz CT molecular complexity index is 104. The lowest BCUT2D eigenvalue weighted by atomic mass is 9.98. The molecular weight excluding hydrogens is 150 g/mol. The molecule has 3 heteroatoms. The van der Waals surface area contributed by atoms with Crippen molar-refractivity contribution < 1.29 is 0 Å². The van der Waals surface area contributed by atoms with Crippen LogP contribution in [0.3, 0.4) is 0 Å². The lowest BCUT2D eigenvalue weighted by Crippen LogP contribution is -2.07. The van der Waals surface area contributed by atoms with Crippen LogP contribution in [0.2, 0.25) is 0 Å². The highest BCUT2D eigenvalue weighted by molar-refractivity contribution is 5.56. The van der Waals surface area contributed by atoms with E-state index in [4.69, 9.17) is 16.9 Å². The molecule has 0 heterocycles.